The molecule has 3 aliphatic heterocycles. The van der Waals surface area contributed by atoms with Crippen LogP contribution in [0, 0.1) is 17.2 Å². The van der Waals surface area contributed by atoms with Crippen LogP contribution in [0.2, 0.25) is 0 Å². The average molecular weight is 423 g/mol. The molecule has 1 amide bonds. The molecule has 2 aromatic rings. The van der Waals surface area contributed by atoms with Gasteiger partial charge in [-0.15, -0.1) is 0 Å². The van der Waals surface area contributed by atoms with Gasteiger partial charge in [0.05, 0.1) is 6.04 Å². The molecule has 3 heterocycles. The van der Waals surface area contributed by atoms with Gasteiger partial charge < -0.3 is 10.1 Å². The Labute approximate surface area is 183 Å². The lowest BCUT2D eigenvalue weighted by molar-refractivity contribution is -0.0353. The molecule has 2 atom stereocenters. The first-order valence-corrected chi connectivity index (χ1v) is 11.5. The van der Waals surface area contributed by atoms with Gasteiger partial charge in [0, 0.05) is 12.1 Å². The Hall–Kier alpha value is -2.40. The Balaban J connectivity index is 1.36. The number of alkyl carbamates (subject to hydrolysis) is 1. The van der Waals surface area contributed by atoms with Crippen LogP contribution in [0.3, 0.4) is 0 Å². The summed E-state index contributed by atoms with van der Waals surface area (Å²) in [4.78, 5) is 15.3. The maximum atomic E-state index is 14.3. The summed E-state index contributed by atoms with van der Waals surface area (Å²) in [5.74, 6) is 0.278. The summed E-state index contributed by atoms with van der Waals surface area (Å²) in [6.45, 7) is 7.49. The molecular formula is C26H31FN2O2. The van der Waals surface area contributed by atoms with Gasteiger partial charge in [-0.2, -0.15) is 0 Å². The fourth-order valence-electron chi connectivity index (χ4n) is 5.60. The van der Waals surface area contributed by atoms with Gasteiger partial charge in [0.1, 0.15) is 11.9 Å². The number of aryl methyl sites for hydroxylation is 1. The van der Waals surface area contributed by atoms with Crippen LogP contribution in [0.4, 0.5) is 9.18 Å². The molecule has 0 aromatic heterocycles. The number of nitrogens with zero attached hydrogens (tertiary/aromatic N) is 1. The van der Waals surface area contributed by atoms with Crippen molar-refractivity contribution in [2.75, 3.05) is 19.6 Å². The quantitative estimate of drug-likeness (QED) is 0.727. The van der Waals surface area contributed by atoms with Gasteiger partial charge >= 0.3 is 6.09 Å². The van der Waals surface area contributed by atoms with Crippen molar-refractivity contribution in [2.24, 2.45) is 11.3 Å². The molecule has 2 aromatic carbocycles. The summed E-state index contributed by atoms with van der Waals surface area (Å²) in [6, 6.07) is 12.8. The van der Waals surface area contributed by atoms with E-state index in [0.29, 0.717) is 11.5 Å². The third-order valence-corrected chi connectivity index (χ3v) is 7.58. The smallest absolute Gasteiger partial charge is 0.407 e. The lowest BCUT2D eigenvalue weighted by atomic mass is 9.70. The highest BCUT2D eigenvalue weighted by Gasteiger charge is 2.40. The van der Waals surface area contributed by atoms with Crippen LogP contribution in [-0.2, 0) is 11.2 Å². The minimum absolute atomic E-state index is 0.00268. The zero-order valence-electron chi connectivity index (χ0n) is 18.4. The number of hydrogen-bond acceptors (Lipinski definition) is 3. The standard InChI is InChI=1S/C26H31FN2O2/c1-26(2)12-9-19-15-18(20-5-3-4-6-22(20)27)7-8-21(19)24(26)28-25(30)31-23-16-29-13-10-17(23)11-14-29/h3-8,15,17,23-24H,9-14,16H2,1-2H3,(H,28,30)/t23-,24?/m1/s1. The van der Waals surface area contributed by atoms with Crippen LogP contribution in [0.5, 0.6) is 0 Å². The summed E-state index contributed by atoms with van der Waals surface area (Å²) in [7, 11) is 0. The van der Waals surface area contributed by atoms with E-state index in [1.54, 1.807) is 6.07 Å². The Morgan fingerprint density at radius 2 is 1.94 bits per heavy atom. The molecule has 31 heavy (non-hydrogen) atoms. The van der Waals surface area contributed by atoms with Crippen molar-refractivity contribution in [2.45, 2.75) is 51.7 Å². The van der Waals surface area contributed by atoms with Gasteiger partial charge in [-0.3, -0.25) is 4.90 Å². The van der Waals surface area contributed by atoms with Crippen LogP contribution in [0.15, 0.2) is 42.5 Å². The van der Waals surface area contributed by atoms with Crippen LogP contribution in [-0.4, -0.2) is 36.7 Å². The number of fused-ring (bicyclic) bond motifs is 4. The first-order valence-electron chi connectivity index (χ1n) is 11.5. The summed E-state index contributed by atoms with van der Waals surface area (Å²) < 4.78 is 20.2. The van der Waals surface area contributed by atoms with Crippen molar-refractivity contribution < 1.29 is 13.9 Å². The molecule has 4 aliphatic rings. The van der Waals surface area contributed by atoms with Crippen molar-refractivity contribution >= 4 is 6.09 Å². The molecule has 1 N–H and O–H groups in total. The fourth-order valence-corrected chi connectivity index (χ4v) is 5.60. The first kappa shape index (κ1) is 20.5. The molecule has 5 heteroatoms. The molecule has 3 fully saturated rings. The Morgan fingerprint density at radius 3 is 2.65 bits per heavy atom. The topological polar surface area (TPSA) is 41.6 Å². The van der Waals surface area contributed by atoms with Gasteiger partial charge in [-0.25, -0.2) is 9.18 Å². The molecule has 6 rings (SSSR count). The van der Waals surface area contributed by atoms with Gasteiger partial charge in [-0.05, 0) is 72.9 Å². The minimum Gasteiger partial charge on any atom is -0.445 e. The number of carbonyl (C=O) groups is 1. The molecule has 1 unspecified atom stereocenters. The normalized spacial score (nSPS) is 28.6. The lowest BCUT2D eigenvalue weighted by Gasteiger charge is -2.44. The number of nitrogens with one attached hydrogen (secondary N) is 1. The predicted molar refractivity (Wildman–Crippen MR) is 119 cm³/mol. The Bertz CT molecular complexity index is 981. The van der Waals surface area contributed by atoms with Gasteiger partial charge in [-0.1, -0.05) is 50.2 Å². The van der Waals surface area contributed by atoms with E-state index >= 15 is 0 Å². The summed E-state index contributed by atoms with van der Waals surface area (Å²) in [6.07, 6.45) is 3.78. The molecule has 0 spiro atoms. The highest BCUT2D eigenvalue weighted by molar-refractivity contribution is 5.70. The van der Waals surface area contributed by atoms with Gasteiger partial charge in [0.15, 0.2) is 0 Å². The number of amides is 1. The maximum Gasteiger partial charge on any atom is 0.407 e. The van der Waals surface area contributed by atoms with Gasteiger partial charge in [0.25, 0.3) is 0 Å². The second-order valence-corrected chi connectivity index (χ2v) is 10.0. The fraction of sp³-hybridized carbons (Fsp3) is 0.500. The van der Waals surface area contributed by atoms with Crippen LogP contribution in [0.1, 0.15) is 50.3 Å². The molecule has 1 aliphatic carbocycles. The van der Waals surface area contributed by atoms with E-state index in [0.717, 1.165) is 56.4 Å². The number of ether oxygens (including phenoxy) is 1. The molecule has 3 saturated heterocycles. The Kier molecular flexibility index (Phi) is 5.25. The van der Waals surface area contributed by atoms with Crippen molar-refractivity contribution in [3.8, 4) is 11.1 Å². The van der Waals surface area contributed by atoms with Crippen molar-refractivity contribution in [3.63, 3.8) is 0 Å². The third kappa shape index (κ3) is 3.96. The summed E-state index contributed by atoms with van der Waals surface area (Å²) in [5, 5.41) is 3.19. The average Bonchev–Trinajstić information content (AvgIpc) is 2.77. The van der Waals surface area contributed by atoms with Crippen molar-refractivity contribution in [1.82, 2.24) is 10.2 Å². The lowest BCUT2D eigenvalue weighted by Crippen LogP contribution is -2.53. The summed E-state index contributed by atoms with van der Waals surface area (Å²) in [5.41, 5.74) is 3.70. The van der Waals surface area contributed by atoms with Crippen molar-refractivity contribution in [3.05, 3.63) is 59.4 Å². The number of rotatable bonds is 3. The monoisotopic (exact) mass is 422 g/mol. The summed E-state index contributed by atoms with van der Waals surface area (Å²) >= 11 is 0. The third-order valence-electron chi connectivity index (χ3n) is 7.58. The first-order chi connectivity index (χ1) is 14.9. The predicted octanol–water partition coefficient (Wildman–Crippen LogP) is 5.33. The molecular weight excluding hydrogens is 391 g/mol. The minimum atomic E-state index is -0.317. The van der Waals surface area contributed by atoms with E-state index < -0.39 is 0 Å². The van der Waals surface area contributed by atoms with Crippen LogP contribution in [0.25, 0.3) is 11.1 Å². The highest BCUT2D eigenvalue weighted by Crippen LogP contribution is 2.44. The maximum absolute atomic E-state index is 14.3. The zero-order chi connectivity index (χ0) is 21.6. The second kappa shape index (κ2) is 7.94. The van der Waals surface area contributed by atoms with E-state index in [1.807, 2.05) is 18.2 Å². The molecule has 2 bridgehead atoms. The Morgan fingerprint density at radius 1 is 1.16 bits per heavy atom. The largest absolute Gasteiger partial charge is 0.445 e. The number of hydrogen-bond donors (Lipinski definition) is 1. The molecule has 4 nitrogen and oxygen atoms in total. The number of halogens is 1. The molecule has 0 saturated carbocycles. The van der Waals surface area contributed by atoms with E-state index in [1.165, 1.54) is 11.6 Å². The molecule has 0 radical (unpaired) electrons. The van der Waals surface area contributed by atoms with Crippen LogP contribution < -0.4 is 5.32 Å². The number of carbonyl (C=O) groups excluding carboxylic acids is 1. The molecule has 164 valence electrons. The zero-order valence-corrected chi connectivity index (χ0v) is 18.4. The van der Waals surface area contributed by atoms with Gasteiger partial charge in [0.2, 0.25) is 0 Å². The SMILES string of the molecule is CC1(C)CCc2cc(-c3ccccc3F)ccc2C1NC(=O)O[C@@H]1CN2CCC1CC2. The highest BCUT2D eigenvalue weighted by atomic mass is 19.1. The second-order valence-electron chi connectivity index (χ2n) is 10.0. The van der Waals surface area contributed by atoms with E-state index in [-0.39, 0.29) is 29.5 Å². The number of benzene rings is 2. The van der Waals surface area contributed by atoms with Crippen molar-refractivity contribution in [1.29, 1.82) is 0 Å². The van der Waals surface area contributed by atoms with Crippen LogP contribution >= 0.6 is 0 Å². The van der Waals surface area contributed by atoms with E-state index in [4.69, 9.17) is 4.74 Å². The number of piperidine rings is 3. The van der Waals surface area contributed by atoms with E-state index in [2.05, 4.69) is 36.2 Å². The van der Waals surface area contributed by atoms with E-state index in [9.17, 15) is 9.18 Å².